The van der Waals surface area contributed by atoms with Crippen LogP contribution in [0.1, 0.15) is 19.0 Å². The maximum Gasteiger partial charge on any atom is 0.152 e. The van der Waals surface area contributed by atoms with Crippen molar-refractivity contribution in [3.63, 3.8) is 0 Å². The maximum absolute atomic E-state index is 6.06. The first-order valence-corrected chi connectivity index (χ1v) is 6.76. The van der Waals surface area contributed by atoms with Crippen LogP contribution in [0.4, 0.5) is 17.2 Å². The summed E-state index contributed by atoms with van der Waals surface area (Å²) in [6.45, 7) is 4.90. The van der Waals surface area contributed by atoms with Crippen molar-refractivity contribution >= 4 is 33.1 Å². The van der Waals surface area contributed by atoms with Crippen LogP contribution in [0, 0.1) is 6.92 Å². The summed E-state index contributed by atoms with van der Waals surface area (Å²) in [6.07, 6.45) is 1.02. The zero-order valence-corrected chi connectivity index (χ0v) is 12.2. The number of hydrogen-bond donors (Lipinski definition) is 2. The van der Waals surface area contributed by atoms with E-state index in [1.54, 1.807) is 0 Å². The third-order valence-corrected chi connectivity index (χ3v) is 3.24. The van der Waals surface area contributed by atoms with Gasteiger partial charge in [-0.25, -0.2) is 4.68 Å². The molecule has 2 aromatic rings. The average Bonchev–Trinajstić information content (AvgIpc) is 2.60. The molecular formula is C13H17BrN4. The van der Waals surface area contributed by atoms with Crippen LogP contribution < -0.4 is 11.1 Å². The second kappa shape index (κ2) is 5.44. The smallest absolute Gasteiger partial charge is 0.152 e. The van der Waals surface area contributed by atoms with E-state index in [2.05, 4.69) is 33.3 Å². The summed E-state index contributed by atoms with van der Waals surface area (Å²) in [6, 6.07) is 7.99. The molecule has 0 unspecified atom stereocenters. The highest BCUT2D eigenvalue weighted by molar-refractivity contribution is 9.10. The number of halogens is 1. The number of aromatic nitrogens is 2. The highest BCUT2D eigenvalue weighted by Gasteiger charge is 2.11. The topological polar surface area (TPSA) is 55.9 Å². The second-order valence-corrected chi connectivity index (χ2v) is 5.12. The molecule has 0 aliphatic carbocycles. The van der Waals surface area contributed by atoms with Gasteiger partial charge in [-0.1, -0.05) is 22.9 Å². The largest absolute Gasteiger partial charge is 0.394 e. The summed E-state index contributed by atoms with van der Waals surface area (Å²) < 4.78 is 2.98. The minimum atomic E-state index is 0.714. The Kier molecular flexibility index (Phi) is 3.91. The van der Waals surface area contributed by atoms with Crippen LogP contribution in [0.3, 0.4) is 0 Å². The summed E-state index contributed by atoms with van der Waals surface area (Å²) in [5.41, 5.74) is 8.64. The fourth-order valence-corrected chi connectivity index (χ4v) is 2.04. The van der Waals surface area contributed by atoms with Crippen LogP contribution in [0.5, 0.6) is 0 Å². The van der Waals surface area contributed by atoms with Crippen molar-refractivity contribution in [3.05, 3.63) is 34.4 Å². The van der Waals surface area contributed by atoms with Gasteiger partial charge in [-0.05, 0) is 37.6 Å². The highest BCUT2D eigenvalue weighted by Crippen LogP contribution is 2.26. The zero-order valence-electron chi connectivity index (χ0n) is 10.6. The van der Waals surface area contributed by atoms with E-state index in [1.807, 2.05) is 35.9 Å². The molecule has 0 amide bonds. The molecule has 96 valence electrons. The van der Waals surface area contributed by atoms with E-state index in [9.17, 15) is 0 Å². The lowest BCUT2D eigenvalue weighted by Gasteiger charge is -2.10. The molecule has 0 aliphatic heterocycles. The van der Waals surface area contributed by atoms with Crippen LogP contribution in [0.2, 0.25) is 0 Å². The van der Waals surface area contributed by atoms with Gasteiger partial charge in [0.05, 0.1) is 11.4 Å². The van der Waals surface area contributed by atoms with Gasteiger partial charge < -0.3 is 11.1 Å². The Bertz CT molecular complexity index is 531. The molecule has 0 bridgehead atoms. The third-order valence-electron chi connectivity index (χ3n) is 2.72. The molecule has 3 N–H and O–H groups in total. The van der Waals surface area contributed by atoms with Crippen molar-refractivity contribution in [1.82, 2.24) is 9.78 Å². The molecule has 0 radical (unpaired) electrons. The summed E-state index contributed by atoms with van der Waals surface area (Å²) in [7, 11) is 0. The number of aryl methyl sites for hydroxylation is 2. The number of hydrogen-bond acceptors (Lipinski definition) is 3. The molecular weight excluding hydrogens is 292 g/mol. The lowest BCUT2D eigenvalue weighted by molar-refractivity contribution is 0.605. The Hall–Kier alpha value is -1.49. The van der Waals surface area contributed by atoms with Crippen LogP contribution in [0.25, 0.3) is 0 Å². The summed E-state index contributed by atoms with van der Waals surface area (Å²) in [5, 5.41) is 7.76. The van der Waals surface area contributed by atoms with Crippen molar-refractivity contribution in [1.29, 1.82) is 0 Å². The van der Waals surface area contributed by atoms with Gasteiger partial charge in [0.25, 0.3) is 0 Å². The minimum Gasteiger partial charge on any atom is -0.394 e. The number of anilines is 3. The summed E-state index contributed by atoms with van der Waals surface area (Å²) >= 11 is 3.42. The van der Waals surface area contributed by atoms with Gasteiger partial charge >= 0.3 is 0 Å². The van der Waals surface area contributed by atoms with Crippen molar-refractivity contribution in [3.8, 4) is 0 Å². The SMILES string of the molecule is CCCn1nc(C)c(N)c1Nc1ccc(Br)cc1. The molecule has 0 saturated heterocycles. The Morgan fingerprint density at radius 2 is 2.00 bits per heavy atom. The van der Waals surface area contributed by atoms with E-state index in [0.29, 0.717) is 5.69 Å². The van der Waals surface area contributed by atoms with E-state index in [-0.39, 0.29) is 0 Å². The number of rotatable bonds is 4. The Balaban J connectivity index is 2.30. The lowest BCUT2D eigenvalue weighted by atomic mass is 10.3. The van der Waals surface area contributed by atoms with E-state index in [0.717, 1.165) is 34.6 Å². The van der Waals surface area contributed by atoms with Crippen LogP contribution in [-0.4, -0.2) is 9.78 Å². The van der Waals surface area contributed by atoms with Crippen LogP contribution in [0.15, 0.2) is 28.7 Å². The maximum atomic E-state index is 6.06. The second-order valence-electron chi connectivity index (χ2n) is 4.20. The summed E-state index contributed by atoms with van der Waals surface area (Å²) in [5.74, 6) is 0.872. The molecule has 0 atom stereocenters. The van der Waals surface area contributed by atoms with Gasteiger partial charge in [0, 0.05) is 16.7 Å². The molecule has 0 aliphatic rings. The fraction of sp³-hybridized carbons (Fsp3) is 0.308. The normalized spacial score (nSPS) is 10.6. The van der Waals surface area contributed by atoms with Crippen molar-refractivity contribution in [2.24, 2.45) is 0 Å². The van der Waals surface area contributed by atoms with Gasteiger partial charge in [-0.2, -0.15) is 5.10 Å². The van der Waals surface area contributed by atoms with E-state index < -0.39 is 0 Å². The minimum absolute atomic E-state index is 0.714. The zero-order chi connectivity index (χ0) is 13.1. The third kappa shape index (κ3) is 2.67. The number of nitrogens with two attached hydrogens (primary N) is 1. The van der Waals surface area contributed by atoms with E-state index >= 15 is 0 Å². The Labute approximate surface area is 115 Å². The average molecular weight is 309 g/mol. The van der Waals surface area contributed by atoms with Gasteiger partial charge in [-0.3, -0.25) is 0 Å². The van der Waals surface area contributed by atoms with Crippen molar-refractivity contribution in [2.75, 3.05) is 11.1 Å². The predicted molar refractivity (Wildman–Crippen MR) is 79.1 cm³/mol. The number of nitrogens with zero attached hydrogens (tertiary/aromatic N) is 2. The van der Waals surface area contributed by atoms with E-state index in [4.69, 9.17) is 5.73 Å². The first-order valence-electron chi connectivity index (χ1n) is 5.97. The molecule has 0 saturated carbocycles. The Morgan fingerprint density at radius 1 is 1.33 bits per heavy atom. The number of nitrogens with one attached hydrogen (secondary N) is 1. The van der Waals surface area contributed by atoms with Crippen molar-refractivity contribution in [2.45, 2.75) is 26.8 Å². The summed E-state index contributed by atoms with van der Waals surface area (Å²) in [4.78, 5) is 0. The molecule has 0 spiro atoms. The molecule has 4 nitrogen and oxygen atoms in total. The predicted octanol–water partition coefficient (Wildman–Crippen LogP) is 3.69. The lowest BCUT2D eigenvalue weighted by Crippen LogP contribution is -2.05. The first kappa shape index (κ1) is 13.0. The van der Waals surface area contributed by atoms with E-state index in [1.165, 1.54) is 0 Å². The highest BCUT2D eigenvalue weighted by atomic mass is 79.9. The molecule has 2 rings (SSSR count). The first-order chi connectivity index (χ1) is 8.61. The van der Waals surface area contributed by atoms with Crippen LogP contribution >= 0.6 is 15.9 Å². The van der Waals surface area contributed by atoms with Crippen LogP contribution in [-0.2, 0) is 6.54 Å². The molecule has 1 heterocycles. The van der Waals surface area contributed by atoms with Gasteiger partial charge in [0.2, 0.25) is 0 Å². The number of benzene rings is 1. The van der Waals surface area contributed by atoms with Crippen molar-refractivity contribution < 1.29 is 0 Å². The fourth-order valence-electron chi connectivity index (χ4n) is 1.77. The number of nitrogen functional groups attached to an aromatic ring is 1. The molecule has 5 heteroatoms. The monoisotopic (exact) mass is 308 g/mol. The molecule has 1 aromatic carbocycles. The molecule has 18 heavy (non-hydrogen) atoms. The van der Waals surface area contributed by atoms with Gasteiger partial charge in [-0.15, -0.1) is 0 Å². The quantitative estimate of drug-likeness (QED) is 0.905. The Morgan fingerprint density at radius 3 is 2.61 bits per heavy atom. The van der Waals surface area contributed by atoms with Gasteiger partial charge in [0.15, 0.2) is 5.82 Å². The molecule has 0 fully saturated rings. The van der Waals surface area contributed by atoms with Gasteiger partial charge in [0.1, 0.15) is 0 Å². The molecule has 1 aromatic heterocycles. The standard InChI is InChI=1S/C13H17BrN4/c1-3-8-18-13(12(15)9(2)17-18)16-11-6-4-10(14)5-7-11/h4-7,16H,3,8,15H2,1-2H3.